The fourth-order valence-electron chi connectivity index (χ4n) is 2.46. The van der Waals surface area contributed by atoms with Gasteiger partial charge in [-0.3, -0.25) is 14.7 Å². The number of carbonyl (C=O) groups is 2. The lowest BCUT2D eigenvalue weighted by Gasteiger charge is -2.19. The largest absolute Gasteiger partial charge is 0.351 e. The highest BCUT2D eigenvalue weighted by Gasteiger charge is 2.17. The van der Waals surface area contributed by atoms with Crippen LogP contribution in [0.15, 0.2) is 42.1 Å². The summed E-state index contributed by atoms with van der Waals surface area (Å²) in [6.07, 6.45) is 1.93. The minimum atomic E-state index is -0.846. The molecule has 27 heavy (non-hydrogen) atoms. The molecule has 0 unspecified atom stereocenters. The van der Waals surface area contributed by atoms with Crippen molar-refractivity contribution in [1.82, 2.24) is 20.1 Å². The minimum Gasteiger partial charge on any atom is -0.351 e. The summed E-state index contributed by atoms with van der Waals surface area (Å²) in [5.74, 6) is 0.791. The molecule has 3 N–H and O–H groups in total. The Hall–Kier alpha value is -2.61. The van der Waals surface area contributed by atoms with E-state index >= 15 is 0 Å². The Morgan fingerprint density at radius 1 is 1.26 bits per heavy atom. The lowest BCUT2D eigenvalue weighted by Crippen LogP contribution is -2.35. The molecule has 0 aliphatic heterocycles. The van der Waals surface area contributed by atoms with Gasteiger partial charge < -0.3 is 5.73 Å². The Labute approximate surface area is 163 Å². The Balaban J connectivity index is 2.15. The van der Waals surface area contributed by atoms with Crippen molar-refractivity contribution in [2.24, 2.45) is 5.73 Å². The van der Waals surface area contributed by atoms with Gasteiger partial charge in [0.05, 0.1) is 0 Å². The highest BCUT2D eigenvalue weighted by Crippen LogP contribution is 2.28. The number of amides is 3. The lowest BCUT2D eigenvalue weighted by atomic mass is 9.87. The zero-order valence-electron chi connectivity index (χ0n) is 15.9. The molecule has 0 fully saturated rings. The number of aromatic nitrogens is 3. The number of urea groups is 1. The number of nitrogens with zero attached hydrogens (tertiary/aromatic N) is 3. The number of primary amides is 1. The minimum absolute atomic E-state index is 0.0832. The van der Waals surface area contributed by atoms with Crippen molar-refractivity contribution >= 4 is 23.7 Å². The van der Waals surface area contributed by atoms with Crippen molar-refractivity contribution in [1.29, 1.82) is 0 Å². The molecular weight excluding hydrogens is 362 g/mol. The molecule has 144 valence electrons. The smallest absolute Gasteiger partial charge is 0.318 e. The van der Waals surface area contributed by atoms with Crippen LogP contribution in [0.2, 0.25) is 0 Å². The van der Waals surface area contributed by atoms with Crippen molar-refractivity contribution in [3.8, 4) is 11.4 Å². The molecule has 0 bridgehead atoms. The number of rotatable bonds is 7. The molecule has 0 saturated carbocycles. The van der Waals surface area contributed by atoms with Crippen LogP contribution in [0.4, 0.5) is 4.79 Å². The predicted molar refractivity (Wildman–Crippen MR) is 107 cm³/mol. The quantitative estimate of drug-likeness (QED) is 0.561. The molecule has 2 rings (SSSR count). The molecule has 0 aliphatic carbocycles. The van der Waals surface area contributed by atoms with E-state index in [0.717, 1.165) is 11.4 Å². The highest BCUT2D eigenvalue weighted by molar-refractivity contribution is 7.99. The molecule has 0 spiro atoms. The van der Waals surface area contributed by atoms with E-state index in [9.17, 15) is 9.59 Å². The summed E-state index contributed by atoms with van der Waals surface area (Å²) in [6, 6.07) is 7.44. The van der Waals surface area contributed by atoms with Crippen LogP contribution in [0.5, 0.6) is 0 Å². The van der Waals surface area contributed by atoms with Crippen molar-refractivity contribution in [3.63, 3.8) is 0 Å². The summed E-state index contributed by atoms with van der Waals surface area (Å²) in [4.78, 5) is 22.2. The zero-order chi connectivity index (χ0) is 20.0. The summed E-state index contributed by atoms with van der Waals surface area (Å²) in [5.41, 5.74) is 7.23. The summed E-state index contributed by atoms with van der Waals surface area (Å²) in [5, 5.41) is 11.3. The number of nitrogens with one attached hydrogen (secondary N) is 1. The van der Waals surface area contributed by atoms with E-state index in [1.54, 1.807) is 6.08 Å². The van der Waals surface area contributed by atoms with Gasteiger partial charge in [-0.1, -0.05) is 62.9 Å². The van der Waals surface area contributed by atoms with Crippen LogP contribution in [0.3, 0.4) is 0 Å². The van der Waals surface area contributed by atoms with Gasteiger partial charge in [0.1, 0.15) is 0 Å². The Morgan fingerprint density at radius 3 is 2.48 bits per heavy atom. The number of hydrogen-bond donors (Lipinski definition) is 2. The van der Waals surface area contributed by atoms with Crippen LogP contribution < -0.4 is 11.1 Å². The molecule has 1 aromatic heterocycles. The number of carbonyl (C=O) groups excluding carboxylic acids is 2. The number of hydrogen-bond acceptors (Lipinski definition) is 5. The van der Waals surface area contributed by atoms with E-state index in [2.05, 4.69) is 49.7 Å². The molecule has 0 atom stereocenters. The van der Waals surface area contributed by atoms with E-state index in [0.29, 0.717) is 17.5 Å². The Morgan fingerprint density at radius 2 is 1.93 bits per heavy atom. The number of nitrogens with two attached hydrogens (primary N) is 1. The molecule has 3 amide bonds. The second-order valence-electron chi connectivity index (χ2n) is 7.04. The van der Waals surface area contributed by atoms with Crippen LogP contribution in [-0.4, -0.2) is 32.5 Å². The first-order chi connectivity index (χ1) is 12.7. The number of imide groups is 1. The second kappa shape index (κ2) is 8.85. The molecule has 0 aliphatic rings. The predicted octanol–water partition coefficient (Wildman–Crippen LogP) is 3.11. The van der Waals surface area contributed by atoms with Crippen LogP contribution in [-0.2, 0) is 16.8 Å². The first-order valence-corrected chi connectivity index (χ1v) is 9.58. The molecule has 8 heteroatoms. The first-order valence-electron chi connectivity index (χ1n) is 8.59. The zero-order valence-corrected chi connectivity index (χ0v) is 16.7. The van der Waals surface area contributed by atoms with Crippen molar-refractivity contribution in [2.75, 3.05) is 5.75 Å². The summed E-state index contributed by atoms with van der Waals surface area (Å²) < 4.78 is 1.95. The maximum absolute atomic E-state index is 11.5. The maximum atomic E-state index is 11.5. The first kappa shape index (κ1) is 20.7. The van der Waals surface area contributed by atoms with Crippen LogP contribution in [0.1, 0.15) is 32.8 Å². The van der Waals surface area contributed by atoms with Gasteiger partial charge in [-0.2, -0.15) is 0 Å². The average Bonchev–Trinajstić information content (AvgIpc) is 2.97. The van der Waals surface area contributed by atoms with Crippen molar-refractivity contribution in [3.05, 3.63) is 42.5 Å². The monoisotopic (exact) mass is 387 g/mol. The summed E-state index contributed by atoms with van der Waals surface area (Å²) in [6.45, 7) is 10.9. The maximum Gasteiger partial charge on any atom is 0.318 e. The van der Waals surface area contributed by atoms with Gasteiger partial charge >= 0.3 is 6.03 Å². The SMILES string of the molecule is C=CCn1c(SCCC(=O)NC(N)=O)nnc1-c1ccc(C(C)(C)C)cc1. The Kier molecular flexibility index (Phi) is 6.79. The van der Waals surface area contributed by atoms with Crippen molar-refractivity contribution < 1.29 is 9.59 Å². The van der Waals surface area contributed by atoms with E-state index in [4.69, 9.17) is 5.73 Å². The Bertz CT molecular complexity index is 822. The third-order valence-electron chi connectivity index (χ3n) is 3.86. The van der Waals surface area contributed by atoms with Crippen LogP contribution in [0.25, 0.3) is 11.4 Å². The van der Waals surface area contributed by atoms with Crippen LogP contribution >= 0.6 is 11.8 Å². The van der Waals surface area contributed by atoms with Gasteiger partial charge in [0.25, 0.3) is 0 Å². The molecule has 0 radical (unpaired) electrons. The van der Waals surface area contributed by atoms with E-state index in [1.807, 2.05) is 22.0 Å². The number of allylic oxidation sites excluding steroid dienone is 1. The van der Waals surface area contributed by atoms with Gasteiger partial charge in [-0.15, -0.1) is 16.8 Å². The van der Waals surface area contributed by atoms with Crippen LogP contribution in [0, 0.1) is 0 Å². The molecule has 1 aromatic carbocycles. The average molecular weight is 388 g/mol. The fraction of sp³-hybridized carbons (Fsp3) is 0.368. The topological polar surface area (TPSA) is 103 Å². The number of benzene rings is 1. The molecule has 1 heterocycles. The summed E-state index contributed by atoms with van der Waals surface area (Å²) in [7, 11) is 0. The van der Waals surface area contributed by atoms with Gasteiger partial charge in [0, 0.05) is 24.3 Å². The summed E-state index contributed by atoms with van der Waals surface area (Å²) >= 11 is 1.39. The highest BCUT2D eigenvalue weighted by atomic mass is 32.2. The van der Waals surface area contributed by atoms with Gasteiger partial charge in [-0.05, 0) is 11.0 Å². The van der Waals surface area contributed by atoms with E-state index < -0.39 is 11.9 Å². The van der Waals surface area contributed by atoms with Gasteiger partial charge in [-0.25, -0.2) is 4.79 Å². The lowest BCUT2D eigenvalue weighted by molar-refractivity contribution is -0.119. The second-order valence-corrected chi connectivity index (χ2v) is 8.11. The third kappa shape index (κ3) is 5.68. The molecule has 2 aromatic rings. The van der Waals surface area contributed by atoms with Crippen molar-refractivity contribution in [2.45, 2.75) is 44.3 Å². The fourth-order valence-corrected chi connectivity index (χ4v) is 3.34. The van der Waals surface area contributed by atoms with Gasteiger partial charge in [0.15, 0.2) is 11.0 Å². The molecule has 7 nitrogen and oxygen atoms in total. The normalized spacial score (nSPS) is 11.2. The van der Waals surface area contributed by atoms with E-state index in [-0.39, 0.29) is 11.8 Å². The third-order valence-corrected chi connectivity index (χ3v) is 4.83. The van der Waals surface area contributed by atoms with Gasteiger partial charge in [0.2, 0.25) is 5.91 Å². The number of thioether (sulfide) groups is 1. The van der Waals surface area contributed by atoms with E-state index in [1.165, 1.54) is 17.3 Å². The molecule has 0 saturated heterocycles. The standard InChI is InChI=1S/C19H25N5O2S/c1-5-11-24-16(13-6-8-14(9-7-13)19(2,3)4)22-23-18(24)27-12-10-15(25)21-17(20)26/h5-9H,1,10-12H2,2-4H3,(H3,20,21,25,26). The molecular formula is C19H25N5O2S.